The first-order valence-electron chi connectivity index (χ1n) is 50.7. The third-order valence-electron chi connectivity index (χ3n) is 26.7. The van der Waals surface area contributed by atoms with Gasteiger partial charge in [-0.05, 0) is 356 Å². The molecule has 16 aromatic rings. The van der Waals surface area contributed by atoms with Gasteiger partial charge in [0, 0.05) is 53.8 Å². The Kier molecular flexibility index (Phi) is 33.7. The minimum atomic E-state index is -2.78. The van der Waals surface area contributed by atoms with Gasteiger partial charge in [-0.2, -0.15) is 20.4 Å². The normalized spacial score (nSPS) is 14.4. The van der Waals surface area contributed by atoms with Gasteiger partial charge in [0.2, 0.25) is 0 Å². The predicted molar refractivity (Wildman–Crippen MR) is 590 cm³/mol. The van der Waals surface area contributed by atoms with Crippen LogP contribution in [0, 0.1) is 72.1 Å². The lowest BCUT2D eigenvalue weighted by Gasteiger charge is -2.21. The number of nitrogens with one attached hydrogen (secondary N) is 8. The summed E-state index contributed by atoms with van der Waals surface area (Å²) in [5.41, 5.74) is 51.1. The summed E-state index contributed by atoms with van der Waals surface area (Å²) >= 11 is 0. The van der Waals surface area contributed by atoms with Crippen molar-refractivity contribution in [2.24, 2.45) is 51.7 Å². The highest BCUT2D eigenvalue weighted by Crippen LogP contribution is 2.38. The smallest absolute Gasteiger partial charge is 0.274 e. The van der Waals surface area contributed by atoms with Crippen LogP contribution in [0.25, 0.3) is 22.7 Å². The lowest BCUT2D eigenvalue weighted by molar-refractivity contribution is 0.101. The van der Waals surface area contributed by atoms with E-state index in [0.29, 0.717) is 65.5 Å². The summed E-state index contributed by atoms with van der Waals surface area (Å²) in [5.74, 6) is 5.68. The fraction of sp³-hybridized carbons (Fsp3) is 0.258. The number of hydrogen-bond donors (Lipinski definition) is 13. The number of nitrogens with two attached hydrogens (primary N) is 5. The van der Waals surface area contributed by atoms with Crippen molar-refractivity contribution < 1.29 is 23.4 Å². The number of nitrogens with zero attached hydrogens (tertiary/aromatic N) is 8. The number of aromatic nitrogens is 8. The predicted octanol–water partition coefficient (Wildman–Crippen LogP) is 19.8. The van der Waals surface area contributed by atoms with Crippen molar-refractivity contribution >= 4 is 62.0 Å². The molecule has 27 heteroatoms. The van der Waals surface area contributed by atoms with Gasteiger partial charge in [0.25, 0.3) is 23.6 Å². The van der Waals surface area contributed by atoms with Crippen LogP contribution in [0.1, 0.15) is 224 Å². The van der Waals surface area contributed by atoms with Crippen LogP contribution < -0.4 is 70.6 Å². The number of anilines is 4. The molecular weight excluding hydrogens is 1850 g/mol. The lowest BCUT2D eigenvalue weighted by atomic mass is 9.96. The lowest BCUT2D eigenvalue weighted by Crippen LogP contribution is -2.25. The molecule has 4 amide bonds. The minimum Gasteiger partial charge on any atom is -0.326 e. The maximum Gasteiger partial charge on any atom is 0.274 e. The van der Waals surface area contributed by atoms with Gasteiger partial charge in [-0.1, -0.05) is 199 Å². The van der Waals surface area contributed by atoms with E-state index in [2.05, 4.69) is 199 Å². The number of benzene rings is 12. The Hall–Kier alpha value is -15.0. The molecule has 754 valence electrons. The number of aryl methyl sites for hydroxylation is 7. The molecule has 4 aromatic heterocycles. The third kappa shape index (κ3) is 28.0. The molecule has 0 radical (unpaired) electrons. The van der Waals surface area contributed by atoms with Gasteiger partial charge in [-0.25, -0.2) is 22.9 Å². The van der Waals surface area contributed by atoms with E-state index < -0.39 is 9.71 Å². The van der Waals surface area contributed by atoms with Crippen molar-refractivity contribution in [3.63, 3.8) is 0 Å². The first-order chi connectivity index (χ1) is 71.2. The summed E-state index contributed by atoms with van der Waals surface area (Å²) in [4.78, 5) is 54.1. The van der Waals surface area contributed by atoms with E-state index in [1.54, 1.807) is 55.1 Å². The Morgan fingerprint density at radius 3 is 0.762 bits per heavy atom. The standard InChI is InChI=1S/C30H34N6O2S.3C30H33N5O/c1-20-15-28(36(35-20)26-8-3-5-22(16-26)18-31)30(37)34-25-7-4-6-24(17-25)29(33-19-21-9-10-21)23-11-13-27(14-12-23)39(2,32)38;2*1-20-6-3-8-24(14-20)29(32-19-22-12-13-22)25-9-5-10-26(17-25)33-30(36)28-15-21(2)34-35(28)27-11-4-7-23(16-27)18-31;1-20-9-13-24(14-10-20)29(32-19-22-11-12-22)25-6-4-7-26(17-25)33-30(36)28-15-21(2)34-35(28)27-8-3-5-23(16-27)18-31/h3-8,11-17,21,29,33H,2,9-10,18-19,31H2,1H3,(H2,32,38)(H,34,37);2*3-11,14-17,22,29,32H,12-13,18-19,31H2,1-2H3,(H,33,36);3-10,13-17,22,29,32H,11-12,18-19,31H2,1-2H3,(H,33,36). The zero-order valence-corrected chi connectivity index (χ0v) is 85.4. The molecule has 4 aliphatic rings. The van der Waals surface area contributed by atoms with Crippen LogP contribution in [-0.2, 0) is 35.9 Å². The van der Waals surface area contributed by atoms with E-state index in [1.165, 1.54) is 84.7 Å². The Bertz CT molecular complexity index is 7220. The van der Waals surface area contributed by atoms with Gasteiger partial charge in [-0.15, -0.1) is 0 Å². The summed E-state index contributed by atoms with van der Waals surface area (Å²) in [6, 6.07) is 104. The third-order valence-corrected chi connectivity index (χ3v) is 27.8. The van der Waals surface area contributed by atoms with Crippen LogP contribution in [0.5, 0.6) is 0 Å². The number of hydrogen-bond acceptors (Lipinski definition) is 17. The quantitative estimate of drug-likeness (QED) is 0.0161. The van der Waals surface area contributed by atoms with Crippen molar-refractivity contribution in [2.45, 2.75) is 155 Å². The summed E-state index contributed by atoms with van der Waals surface area (Å²) in [7, 11) is -2.78. The second kappa shape index (κ2) is 47.9. The SMILES string of the molecule is C=S(N)(=O)c1ccc(C(NCC2CC2)c2cccc(NC(=O)c3cc(C)nn3-c3cccc(CN)c3)c2)cc1.Cc1ccc(C(NCC2CC2)c2cccc(NC(=O)c3cc(C)nn3-c3cccc(CN)c3)c2)cc1.Cc1cccc(C(NCC2CC2)c2cccc(NC(=O)c3cc(C)nn3-c3cccc(CN)c3)c2)c1.Cc1cccc(C(NCC2CC2)c2cccc(NC(=O)c3cc(C)nn3-c3cccc(CN)c3)c2)c1. The van der Waals surface area contributed by atoms with Gasteiger partial charge in [0.05, 0.1) is 79.4 Å². The molecule has 4 fully saturated rings. The second-order valence-electron chi connectivity index (χ2n) is 39.3. The molecule has 0 aliphatic heterocycles. The molecule has 5 atom stereocenters. The molecule has 18 N–H and O–H groups in total. The number of amides is 4. The van der Waals surface area contributed by atoms with Gasteiger partial charge < -0.3 is 65.5 Å². The maximum atomic E-state index is 13.4. The number of carbonyl (C=O) groups excluding carboxylic acids is 4. The van der Waals surface area contributed by atoms with E-state index >= 15 is 0 Å². The first kappa shape index (κ1) is 103. The van der Waals surface area contributed by atoms with Crippen molar-refractivity contribution in [1.82, 2.24) is 60.4 Å². The fourth-order valence-electron chi connectivity index (χ4n) is 18.1. The van der Waals surface area contributed by atoms with E-state index in [-0.39, 0.29) is 47.8 Å². The molecule has 0 saturated heterocycles. The second-order valence-corrected chi connectivity index (χ2v) is 41.2. The van der Waals surface area contributed by atoms with Gasteiger partial charge in [0.1, 0.15) is 22.8 Å². The monoisotopic (exact) mass is 1980 g/mol. The van der Waals surface area contributed by atoms with E-state index in [4.69, 9.17) is 28.1 Å². The average Bonchev–Trinajstić information content (AvgIpc) is 1.70. The van der Waals surface area contributed by atoms with Crippen LogP contribution in [0.15, 0.2) is 320 Å². The summed E-state index contributed by atoms with van der Waals surface area (Å²) in [6.45, 7) is 19.4. The highest BCUT2D eigenvalue weighted by atomic mass is 32.2. The average molecular weight is 1980 g/mol. The molecule has 147 heavy (non-hydrogen) atoms. The van der Waals surface area contributed by atoms with Crippen LogP contribution in [0.3, 0.4) is 0 Å². The highest BCUT2D eigenvalue weighted by Gasteiger charge is 2.31. The molecule has 12 aromatic carbocycles. The molecule has 26 nitrogen and oxygen atoms in total. The van der Waals surface area contributed by atoms with E-state index in [9.17, 15) is 23.4 Å². The molecule has 4 aliphatic carbocycles. The number of rotatable bonds is 37. The van der Waals surface area contributed by atoms with Crippen LogP contribution in [0.2, 0.25) is 0 Å². The molecule has 5 unspecified atom stereocenters. The molecule has 0 spiro atoms. The van der Waals surface area contributed by atoms with Gasteiger partial charge >= 0.3 is 0 Å². The number of carbonyl (C=O) groups is 4. The Labute approximate surface area is 861 Å². The van der Waals surface area contributed by atoms with Crippen molar-refractivity contribution in [2.75, 3.05) is 47.4 Å². The van der Waals surface area contributed by atoms with E-state index in [1.807, 2.05) is 198 Å². The van der Waals surface area contributed by atoms with Crippen LogP contribution in [0.4, 0.5) is 22.7 Å². The van der Waals surface area contributed by atoms with Crippen LogP contribution >= 0.6 is 0 Å². The highest BCUT2D eigenvalue weighted by molar-refractivity contribution is 7.98. The summed E-state index contributed by atoms with van der Waals surface area (Å²) < 4.78 is 18.9. The first-order valence-corrected chi connectivity index (χ1v) is 52.5. The largest absolute Gasteiger partial charge is 0.326 e. The van der Waals surface area contributed by atoms with Crippen molar-refractivity contribution in [3.05, 3.63) is 444 Å². The molecular formula is C120H133N21O5S. The maximum absolute atomic E-state index is 13.4. The summed E-state index contributed by atoms with van der Waals surface area (Å²) in [6.07, 6.45) is 10.2. The van der Waals surface area contributed by atoms with Gasteiger partial charge in [-0.3, -0.25) is 24.3 Å². The fourth-order valence-corrected chi connectivity index (χ4v) is 18.7. The zero-order chi connectivity index (χ0) is 103. The van der Waals surface area contributed by atoms with Crippen molar-refractivity contribution in [3.8, 4) is 22.7 Å². The van der Waals surface area contributed by atoms with Crippen LogP contribution in [-0.4, -0.2) is 99.0 Å². The van der Waals surface area contributed by atoms with E-state index in [0.717, 1.165) is 157 Å². The zero-order valence-electron chi connectivity index (χ0n) is 84.6. The Morgan fingerprint density at radius 1 is 0.293 bits per heavy atom. The topological polar surface area (TPSA) is 383 Å². The molecule has 20 rings (SSSR count). The summed E-state index contributed by atoms with van der Waals surface area (Å²) in [5, 5.41) is 51.2. The van der Waals surface area contributed by atoms with Gasteiger partial charge in [0.15, 0.2) is 0 Å². The van der Waals surface area contributed by atoms with Crippen molar-refractivity contribution in [1.29, 1.82) is 0 Å². The minimum absolute atomic E-state index is 0.0640. The Morgan fingerprint density at radius 2 is 0.524 bits per heavy atom. The molecule has 0 bridgehead atoms. The Balaban J connectivity index is 0.000000134. The molecule has 4 saturated carbocycles. The molecule has 4 heterocycles.